The Morgan fingerprint density at radius 2 is 1.95 bits per heavy atom. The van der Waals surface area contributed by atoms with Crippen LogP contribution in [0.2, 0.25) is 0 Å². The Labute approximate surface area is 124 Å². The van der Waals surface area contributed by atoms with E-state index in [0.29, 0.717) is 12.2 Å². The van der Waals surface area contributed by atoms with Crippen molar-refractivity contribution in [1.82, 2.24) is 4.57 Å². The molecule has 0 atom stereocenters. The molecule has 4 nitrogen and oxygen atoms in total. The zero-order chi connectivity index (χ0) is 15.4. The minimum atomic E-state index is -0.281. The number of pyridine rings is 1. The van der Waals surface area contributed by atoms with Crippen LogP contribution in [0.1, 0.15) is 28.4 Å². The SMILES string of the molecule is CCOc1cccn(CC(=O)c2ccc(C)c(C)c2)c1=O. The lowest BCUT2D eigenvalue weighted by Crippen LogP contribution is -2.25. The molecule has 1 aromatic heterocycles. The van der Waals surface area contributed by atoms with Gasteiger partial charge in [0, 0.05) is 11.8 Å². The molecule has 0 aliphatic rings. The number of ketones is 1. The van der Waals surface area contributed by atoms with Gasteiger partial charge in [-0.25, -0.2) is 0 Å². The molecule has 0 saturated carbocycles. The Bertz CT molecular complexity index is 716. The van der Waals surface area contributed by atoms with E-state index >= 15 is 0 Å². The van der Waals surface area contributed by atoms with Gasteiger partial charge < -0.3 is 9.30 Å². The summed E-state index contributed by atoms with van der Waals surface area (Å²) in [5, 5.41) is 0. The van der Waals surface area contributed by atoms with Gasteiger partial charge in [0.25, 0.3) is 5.56 Å². The molecule has 2 aromatic rings. The predicted octanol–water partition coefficient (Wildman–Crippen LogP) is 2.75. The minimum Gasteiger partial charge on any atom is -0.488 e. The summed E-state index contributed by atoms with van der Waals surface area (Å²) in [6, 6.07) is 8.89. The van der Waals surface area contributed by atoms with Crippen molar-refractivity contribution in [2.75, 3.05) is 6.61 Å². The summed E-state index contributed by atoms with van der Waals surface area (Å²) in [6.07, 6.45) is 1.60. The van der Waals surface area contributed by atoms with E-state index in [0.717, 1.165) is 11.1 Å². The summed E-state index contributed by atoms with van der Waals surface area (Å²) >= 11 is 0. The van der Waals surface area contributed by atoms with Crippen LogP contribution >= 0.6 is 0 Å². The summed E-state index contributed by atoms with van der Waals surface area (Å²) in [5.41, 5.74) is 2.54. The fourth-order valence-corrected chi connectivity index (χ4v) is 2.07. The molecule has 0 radical (unpaired) electrons. The Morgan fingerprint density at radius 3 is 2.62 bits per heavy atom. The van der Waals surface area contributed by atoms with Crippen LogP contribution in [-0.4, -0.2) is 17.0 Å². The second-order valence-corrected chi connectivity index (χ2v) is 4.96. The molecule has 1 aromatic carbocycles. The average Bonchev–Trinajstić information content (AvgIpc) is 2.46. The highest BCUT2D eigenvalue weighted by Gasteiger charge is 2.10. The summed E-state index contributed by atoms with van der Waals surface area (Å²) in [4.78, 5) is 24.4. The van der Waals surface area contributed by atoms with Crippen molar-refractivity contribution in [2.24, 2.45) is 0 Å². The number of Topliss-reactive ketones (excluding diaryl/α,β-unsaturated/α-hetero) is 1. The standard InChI is InChI=1S/C17H19NO3/c1-4-21-16-6-5-9-18(17(16)20)11-15(19)14-8-7-12(2)13(3)10-14/h5-10H,4,11H2,1-3H3. The molecule has 21 heavy (non-hydrogen) atoms. The Balaban J connectivity index is 2.25. The van der Waals surface area contributed by atoms with E-state index in [1.165, 1.54) is 4.57 Å². The van der Waals surface area contributed by atoms with E-state index in [4.69, 9.17) is 4.74 Å². The summed E-state index contributed by atoms with van der Waals surface area (Å²) in [6.45, 7) is 6.22. The highest BCUT2D eigenvalue weighted by Crippen LogP contribution is 2.11. The van der Waals surface area contributed by atoms with Gasteiger partial charge in [0.05, 0.1) is 13.2 Å². The minimum absolute atomic E-state index is 0.0161. The van der Waals surface area contributed by atoms with E-state index in [1.807, 2.05) is 32.9 Å². The third kappa shape index (κ3) is 3.40. The van der Waals surface area contributed by atoms with Crippen LogP contribution in [0.5, 0.6) is 5.75 Å². The van der Waals surface area contributed by atoms with Crippen molar-refractivity contribution in [2.45, 2.75) is 27.3 Å². The number of benzene rings is 1. The first kappa shape index (κ1) is 15.0. The number of carbonyl (C=O) groups excluding carboxylic acids is 1. The lowest BCUT2D eigenvalue weighted by molar-refractivity contribution is 0.0970. The maximum absolute atomic E-state index is 12.3. The highest BCUT2D eigenvalue weighted by atomic mass is 16.5. The molecule has 0 spiro atoms. The Morgan fingerprint density at radius 1 is 1.19 bits per heavy atom. The number of nitrogens with zero attached hydrogens (tertiary/aromatic N) is 1. The second kappa shape index (κ2) is 6.39. The van der Waals surface area contributed by atoms with Crippen LogP contribution in [0.15, 0.2) is 41.3 Å². The number of ether oxygens (including phenoxy) is 1. The van der Waals surface area contributed by atoms with Crippen LogP contribution in [0.4, 0.5) is 0 Å². The summed E-state index contributed by atoms with van der Waals surface area (Å²) in [5.74, 6) is 0.182. The zero-order valence-corrected chi connectivity index (χ0v) is 12.6. The Kier molecular flexibility index (Phi) is 4.58. The molecule has 0 unspecified atom stereocenters. The average molecular weight is 285 g/mol. The normalized spacial score (nSPS) is 10.4. The largest absolute Gasteiger partial charge is 0.488 e. The quantitative estimate of drug-likeness (QED) is 0.794. The molecule has 0 saturated heterocycles. The molecule has 110 valence electrons. The third-order valence-corrected chi connectivity index (χ3v) is 3.43. The number of aryl methyl sites for hydroxylation is 2. The monoisotopic (exact) mass is 285 g/mol. The van der Waals surface area contributed by atoms with Crippen LogP contribution < -0.4 is 10.3 Å². The van der Waals surface area contributed by atoms with Crippen molar-refractivity contribution in [3.8, 4) is 5.75 Å². The number of aromatic nitrogens is 1. The topological polar surface area (TPSA) is 48.3 Å². The van der Waals surface area contributed by atoms with E-state index < -0.39 is 0 Å². The van der Waals surface area contributed by atoms with Gasteiger partial charge in [-0.05, 0) is 50.1 Å². The van der Waals surface area contributed by atoms with Crippen molar-refractivity contribution in [3.05, 3.63) is 63.6 Å². The molecule has 0 aliphatic carbocycles. The van der Waals surface area contributed by atoms with Crippen LogP contribution in [0, 0.1) is 13.8 Å². The second-order valence-electron chi connectivity index (χ2n) is 4.96. The van der Waals surface area contributed by atoms with Crippen molar-refractivity contribution in [3.63, 3.8) is 0 Å². The van der Waals surface area contributed by atoms with Crippen LogP contribution in [0.3, 0.4) is 0 Å². The molecule has 2 rings (SSSR count). The van der Waals surface area contributed by atoms with Gasteiger partial charge in [-0.3, -0.25) is 9.59 Å². The van der Waals surface area contributed by atoms with Crippen molar-refractivity contribution < 1.29 is 9.53 Å². The number of carbonyl (C=O) groups is 1. The molecule has 0 fully saturated rings. The van der Waals surface area contributed by atoms with E-state index in [2.05, 4.69) is 0 Å². The van der Waals surface area contributed by atoms with Crippen LogP contribution in [-0.2, 0) is 6.54 Å². The maximum atomic E-state index is 12.3. The molecule has 0 N–H and O–H groups in total. The van der Waals surface area contributed by atoms with Gasteiger partial charge in [-0.1, -0.05) is 12.1 Å². The first-order chi connectivity index (χ1) is 10.0. The van der Waals surface area contributed by atoms with Crippen LogP contribution in [0.25, 0.3) is 0 Å². The first-order valence-corrected chi connectivity index (χ1v) is 6.95. The van der Waals surface area contributed by atoms with Crippen molar-refractivity contribution in [1.29, 1.82) is 0 Å². The molecule has 0 aliphatic heterocycles. The fourth-order valence-electron chi connectivity index (χ4n) is 2.07. The smallest absolute Gasteiger partial charge is 0.293 e. The predicted molar refractivity (Wildman–Crippen MR) is 82.1 cm³/mol. The van der Waals surface area contributed by atoms with Gasteiger partial charge in [0.15, 0.2) is 11.5 Å². The lowest BCUT2D eigenvalue weighted by atomic mass is 10.0. The molecule has 1 heterocycles. The van der Waals surface area contributed by atoms with Gasteiger partial charge in [-0.2, -0.15) is 0 Å². The van der Waals surface area contributed by atoms with E-state index in [9.17, 15) is 9.59 Å². The maximum Gasteiger partial charge on any atom is 0.293 e. The zero-order valence-electron chi connectivity index (χ0n) is 12.6. The fraction of sp³-hybridized carbons (Fsp3) is 0.294. The molecule has 0 bridgehead atoms. The van der Waals surface area contributed by atoms with E-state index in [-0.39, 0.29) is 23.6 Å². The van der Waals surface area contributed by atoms with E-state index in [1.54, 1.807) is 24.4 Å². The first-order valence-electron chi connectivity index (χ1n) is 6.95. The lowest BCUT2D eigenvalue weighted by Gasteiger charge is -2.09. The summed E-state index contributed by atoms with van der Waals surface area (Å²) < 4.78 is 6.63. The van der Waals surface area contributed by atoms with Gasteiger partial charge in [-0.15, -0.1) is 0 Å². The van der Waals surface area contributed by atoms with Gasteiger partial charge >= 0.3 is 0 Å². The van der Waals surface area contributed by atoms with Gasteiger partial charge in [0.2, 0.25) is 0 Å². The number of rotatable bonds is 5. The Hall–Kier alpha value is -2.36. The summed E-state index contributed by atoms with van der Waals surface area (Å²) in [7, 11) is 0. The molecular formula is C17H19NO3. The third-order valence-electron chi connectivity index (χ3n) is 3.43. The number of hydrogen-bond donors (Lipinski definition) is 0. The molecule has 0 amide bonds. The molecular weight excluding hydrogens is 266 g/mol. The van der Waals surface area contributed by atoms with Gasteiger partial charge in [0.1, 0.15) is 0 Å². The highest BCUT2D eigenvalue weighted by molar-refractivity contribution is 5.96. The number of hydrogen-bond acceptors (Lipinski definition) is 3. The molecule has 4 heteroatoms. The van der Waals surface area contributed by atoms with Crippen molar-refractivity contribution >= 4 is 5.78 Å².